The Morgan fingerprint density at radius 3 is 2.74 bits per heavy atom. The Bertz CT molecular complexity index is 850. The van der Waals surface area contributed by atoms with E-state index in [2.05, 4.69) is 10.7 Å². The van der Waals surface area contributed by atoms with E-state index in [1.165, 1.54) is 18.4 Å². The van der Waals surface area contributed by atoms with Crippen molar-refractivity contribution in [2.75, 3.05) is 12.4 Å². The van der Waals surface area contributed by atoms with Crippen molar-refractivity contribution in [1.29, 1.82) is 0 Å². The van der Waals surface area contributed by atoms with E-state index >= 15 is 0 Å². The van der Waals surface area contributed by atoms with Crippen LogP contribution in [0.25, 0.3) is 0 Å². The molecule has 0 aliphatic carbocycles. The molecule has 7 nitrogen and oxygen atoms in total. The highest BCUT2D eigenvalue weighted by atomic mass is 32.1. The SMILES string of the molecule is CCc1cc(C(=O)OC)c(NC(=O)[C@H]2CC(=O)NN2Cc2ccccc2)s1. The average molecular weight is 387 g/mol. The third-order valence-corrected chi connectivity index (χ3v) is 5.49. The van der Waals surface area contributed by atoms with Crippen molar-refractivity contribution in [3.8, 4) is 0 Å². The summed E-state index contributed by atoms with van der Waals surface area (Å²) in [6, 6.07) is 10.7. The van der Waals surface area contributed by atoms with Crippen LogP contribution < -0.4 is 10.7 Å². The van der Waals surface area contributed by atoms with Gasteiger partial charge in [-0.1, -0.05) is 37.3 Å². The number of amides is 2. The molecule has 27 heavy (non-hydrogen) atoms. The van der Waals surface area contributed by atoms with Crippen LogP contribution >= 0.6 is 11.3 Å². The summed E-state index contributed by atoms with van der Waals surface area (Å²) < 4.78 is 4.80. The minimum Gasteiger partial charge on any atom is -0.465 e. The van der Waals surface area contributed by atoms with Crippen molar-refractivity contribution in [3.05, 3.63) is 52.4 Å². The molecule has 2 amide bonds. The molecule has 8 heteroatoms. The number of benzene rings is 1. The second kappa shape index (κ2) is 8.32. The first-order chi connectivity index (χ1) is 13.0. The van der Waals surface area contributed by atoms with Gasteiger partial charge in [-0.15, -0.1) is 11.3 Å². The van der Waals surface area contributed by atoms with Gasteiger partial charge in [0.1, 0.15) is 11.0 Å². The first-order valence-corrected chi connectivity index (χ1v) is 9.45. The summed E-state index contributed by atoms with van der Waals surface area (Å²) in [5.74, 6) is -1.04. The second-order valence-corrected chi connectivity index (χ2v) is 7.30. The lowest BCUT2D eigenvalue weighted by Gasteiger charge is -2.22. The summed E-state index contributed by atoms with van der Waals surface area (Å²) in [6.07, 6.45) is 0.812. The van der Waals surface area contributed by atoms with Gasteiger partial charge in [0, 0.05) is 11.4 Å². The van der Waals surface area contributed by atoms with Gasteiger partial charge in [0.05, 0.1) is 19.1 Å². The van der Waals surface area contributed by atoms with Gasteiger partial charge >= 0.3 is 5.97 Å². The smallest absolute Gasteiger partial charge is 0.340 e. The maximum atomic E-state index is 12.8. The van der Waals surface area contributed by atoms with Crippen LogP contribution in [0, 0.1) is 0 Å². The minimum atomic E-state index is -0.657. The molecule has 0 spiro atoms. The molecule has 2 aromatic rings. The number of aryl methyl sites for hydroxylation is 1. The number of ether oxygens (including phenoxy) is 1. The van der Waals surface area contributed by atoms with E-state index in [9.17, 15) is 14.4 Å². The van der Waals surface area contributed by atoms with E-state index in [0.717, 1.165) is 16.9 Å². The molecule has 0 radical (unpaired) electrons. The minimum absolute atomic E-state index is 0.0677. The molecular weight excluding hydrogens is 366 g/mol. The highest BCUT2D eigenvalue weighted by Crippen LogP contribution is 2.30. The number of carbonyl (C=O) groups excluding carboxylic acids is 3. The number of anilines is 1. The third kappa shape index (κ3) is 4.35. The van der Waals surface area contributed by atoms with Crippen LogP contribution in [0.4, 0.5) is 5.00 Å². The predicted molar refractivity (Wildman–Crippen MR) is 102 cm³/mol. The van der Waals surface area contributed by atoms with Gasteiger partial charge in [-0.25, -0.2) is 9.80 Å². The van der Waals surface area contributed by atoms with Crippen LogP contribution in [-0.2, 0) is 27.3 Å². The van der Waals surface area contributed by atoms with Gasteiger partial charge < -0.3 is 10.1 Å². The van der Waals surface area contributed by atoms with Gasteiger partial charge in [-0.2, -0.15) is 0 Å². The van der Waals surface area contributed by atoms with Gasteiger partial charge in [-0.3, -0.25) is 15.0 Å². The first kappa shape index (κ1) is 19.1. The van der Waals surface area contributed by atoms with E-state index in [4.69, 9.17) is 4.74 Å². The van der Waals surface area contributed by atoms with Crippen LogP contribution in [0.3, 0.4) is 0 Å². The van der Waals surface area contributed by atoms with Crippen molar-refractivity contribution in [1.82, 2.24) is 10.4 Å². The topological polar surface area (TPSA) is 87.7 Å². The number of hydrogen-bond donors (Lipinski definition) is 2. The van der Waals surface area contributed by atoms with Crippen LogP contribution in [0.2, 0.25) is 0 Å². The number of nitrogens with zero attached hydrogens (tertiary/aromatic N) is 1. The molecule has 3 rings (SSSR count). The largest absolute Gasteiger partial charge is 0.465 e. The Balaban J connectivity index is 1.77. The summed E-state index contributed by atoms with van der Waals surface area (Å²) in [4.78, 5) is 37.7. The molecule has 0 bridgehead atoms. The molecule has 1 fully saturated rings. The number of carbonyl (C=O) groups is 3. The summed E-state index contributed by atoms with van der Waals surface area (Å²) in [5.41, 5.74) is 4.05. The molecular formula is C19H21N3O4S. The molecule has 0 unspecified atom stereocenters. The van der Waals surface area contributed by atoms with E-state index in [0.29, 0.717) is 17.1 Å². The molecule has 2 N–H and O–H groups in total. The van der Waals surface area contributed by atoms with E-state index < -0.39 is 12.0 Å². The molecule has 1 aromatic heterocycles. The van der Waals surface area contributed by atoms with Crippen LogP contribution in [0.1, 0.15) is 34.1 Å². The standard InChI is InChI=1S/C19H21N3O4S/c1-3-13-9-14(19(25)26-2)18(27-13)20-17(24)15-10-16(23)21-22(15)11-12-7-5-4-6-8-12/h4-9,15H,3,10-11H2,1-2H3,(H,20,24)(H,21,23)/t15-/m1/s1. The number of nitrogens with one attached hydrogen (secondary N) is 2. The quantitative estimate of drug-likeness (QED) is 0.743. The van der Waals surface area contributed by atoms with Gasteiger partial charge in [0.2, 0.25) is 11.8 Å². The van der Waals surface area contributed by atoms with Crippen molar-refractivity contribution in [2.24, 2.45) is 0 Å². The molecule has 1 aromatic carbocycles. The Hall–Kier alpha value is -2.71. The molecule has 2 heterocycles. The highest BCUT2D eigenvalue weighted by molar-refractivity contribution is 7.16. The lowest BCUT2D eigenvalue weighted by atomic mass is 10.1. The Morgan fingerprint density at radius 2 is 2.07 bits per heavy atom. The number of methoxy groups -OCH3 is 1. The van der Waals surface area contributed by atoms with E-state index in [1.807, 2.05) is 37.3 Å². The number of hydrogen-bond acceptors (Lipinski definition) is 6. The third-order valence-electron chi connectivity index (χ3n) is 4.30. The lowest BCUT2D eigenvalue weighted by Crippen LogP contribution is -2.43. The fraction of sp³-hybridized carbons (Fsp3) is 0.316. The zero-order valence-corrected chi connectivity index (χ0v) is 16.0. The summed E-state index contributed by atoms with van der Waals surface area (Å²) in [5, 5.41) is 4.87. The van der Waals surface area contributed by atoms with Crippen molar-refractivity contribution < 1.29 is 19.1 Å². The summed E-state index contributed by atoms with van der Waals surface area (Å²) in [6.45, 7) is 2.39. The van der Waals surface area contributed by atoms with Crippen LogP contribution in [-0.4, -0.2) is 35.9 Å². The second-order valence-electron chi connectivity index (χ2n) is 6.16. The zero-order chi connectivity index (χ0) is 19.4. The number of hydrazine groups is 1. The summed E-state index contributed by atoms with van der Waals surface area (Å²) >= 11 is 1.34. The van der Waals surface area contributed by atoms with Crippen molar-refractivity contribution in [2.45, 2.75) is 32.4 Å². The van der Waals surface area contributed by atoms with E-state index in [1.54, 1.807) is 11.1 Å². The Labute approximate surface area is 161 Å². The Morgan fingerprint density at radius 1 is 1.33 bits per heavy atom. The number of thiophene rings is 1. The van der Waals surface area contributed by atoms with E-state index in [-0.39, 0.29) is 18.2 Å². The van der Waals surface area contributed by atoms with Gasteiger partial charge in [-0.05, 0) is 18.1 Å². The van der Waals surface area contributed by atoms with Gasteiger partial charge in [0.15, 0.2) is 0 Å². The monoisotopic (exact) mass is 387 g/mol. The predicted octanol–water partition coefficient (Wildman–Crippen LogP) is 2.34. The van der Waals surface area contributed by atoms with Crippen LogP contribution in [0.5, 0.6) is 0 Å². The normalized spacial score (nSPS) is 16.8. The molecule has 1 aliphatic heterocycles. The zero-order valence-electron chi connectivity index (χ0n) is 15.2. The van der Waals surface area contributed by atoms with Crippen molar-refractivity contribution in [3.63, 3.8) is 0 Å². The maximum Gasteiger partial charge on any atom is 0.340 e. The molecule has 142 valence electrons. The fourth-order valence-electron chi connectivity index (χ4n) is 2.90. The highest BCUT2D eigenvalue weighted by Gasteiger charge is 2.36. The maximum absolute atomic E-state index is 12.8. The Kier molecular flexibility index (Phi) is 5.88. The lowest BCUT2D eigenvalue weighted by molar-refractivity contribution is -0.121. The van der Waals surface area contributed by atoms with Gasteiger partial charge in [0.25, 0.3) is 0 Å². The fourth-order valence-corrected chi connectivity index (χ4v) is 3.89. The molecule has 1 atom stereocenters. The summed E-state index contributed by atoms with van der Waals surface area (Å²) in [7, 11) is 1.30. The molecule has 0 saturated carbocycles. The number of esters is 1. The average Bonchev–Trinajstić information content (AvgIpc) is 3.25. The van der Waals surface area contributed by atoms with Crippen LogP contribution in [0.15, 0.2) is 36.4 Å². The van der Waals surface area contributed by atoms with Crippen molar-refractivity contribution >= 4 is 34.1 Å². The molecule has 1 aliphatic rings. The molecule has 1 saturated heterocycles. The first-order valence-electron chi connectivity index (χ1n) is 8.63. The number of rotatable bonds is 6.